The average Bonchev–Trinajstić information content (AvgIpc) is 2.38. The second kappa shape index (κ2) is 8.15. The highest BCUT2D eigenvalue weighted by Crippen LogP contribution is 2.20. The Hall–Kier alpha value is -1.10. The molecule has 1 amide bonds. The normalized spacial score (nSPS) is 19.6. The summed E-state index contributed by atoms with van der Waals surface area (Å²) in [7, 11) is 1.39. The van der Waals surface area contributed by atoms with E-state index >= 15 is 0 Å². The minimum atomic E-state index is -0.231. The Kier molecular flexibility index (Phi) is 6.84. The van der Waals surface area contributed by atoms with Crippen molar-refractivity contribution in [3.05, 3.63) is 0 Å². The topological polar surface area (TPSA) is 58.6 Å². The van der Waals surface area contributed by atoms with Crippen molar-refractivity contribution in [3.63, 3.8) is 0 Å². The van der Waals surface area contributed by atoms with E-state index in [9.17, 15) is 9.59 Å². The molecule has 0 bridgehead atoms. The second-order valence-corrected chi connectivity index (χ2v) is 5.38. The molecule has 1 atom stereocenters. The van der Waals surface area contributed by atoms with Crippen LogP contribution < -0.4 is 5.32 Å². The maximum Gasteiger partial charge on any atom is 0.307 e. The molecular formula is C14H26N2O3. The molecule has 1 aliphatic heterocycles. The predicted molar refractivity (Wildman–Crippen MR) is 73.7 cm³/mol. The number of hydrogen-bond donors (Lipinski definition) is 1. The first-order chi connectivity index (χ1) is 9.04. The minimum absolute atomic E-state index is 0.0211. The average molecular weight is 270 g/mol. The lowest BCUT2D eigenvalue weighted by molar-refractivity contribution is -0.144. The van der Waals surface area contributed by atoms with E-state index in [1.54, 1.807) is 0 Å². The number of rotatable bonds is 6. The van der Waals surface area contributed by atoms with Crippen molar-refractivity contribution in [2.75, 3.05) is 20.2 Å². The van der Waals surface area contributed by atoms with Crippen LogP contribution in [0.4, 0.5) is 0 Å². The SMILES string of the molecule is COC(=O)CC1CCCCN1C(=O)CCNC(C)C. The van der Waals surface area contributed by atoms with Gasteiger partial charge in [-0.2, -0.15) is 0 Å². The van der Waals surface area contributed by atoms with Crippen LogP contribution in [0.25, 0.3) is 0 Å². The highest BCUT2D eigenvalue weighted by molar-refractivity contribution is 5.78. The van der Waals surface area contributed by atoms with Gasteiger partial charge in [0.1, 0.15) is 0 Å². The van der Waals surface area contributed by atoms with Crippen LogP contribution in [-0.2, 0) is 14.3 Å². The molecule has 0 aliphatic carbocycles. The van der Waals surface area contributed by atoms with Crippen LogP contribution in [0.1, 0.15) is 46.0 Å². The fraction of sp³-hybridized carbons (Fsp3) is 0.857. The van der Waals surface area contributed by atoms with Crippen molar-refractivity contribution in [2.24, 2.45) is 0 Å². The molecule has 0 aromatic rings. The molecule has 1 rings (SSSR count). The molecule has 1 fully saturated rings. The first-order valence-corrected chi connectivity index (χ1v) is 7.14. The smallest absolute Gasteiger partial charge is 0.307 e. The van der Waals surface area contributed by atoms with E-state index in [0.29, 0.717) is 25.4 Å². The van der Waals surface area contributed by atoms with E-state index in [4.69, 9.17) is 4.74 Å². The number of esters is 1. The predicted octanol–water partition coefficient (Wildman–Crippen LogP) is 1.32. The molecule has 1 unspecified atom stereocenters. The monoisotopic (exact) mass is 270 g/mol. The number of carbonyl (C=O) groups excluding carboxylic acids is 2. The van der Waals surface area contributed by atoms with E-state index in [1.165, 1.54) is 7.11 Å². The van der Waals surface area contributed by atoms with Gasteiger partial charge in [-0.05, 0) is 19.3 Å². The molecule has 5 heteroatoms. The zero-order valence-electron chi connectivity index (χ0n) is 12.3. The van der Waals surface area contributed by atoms with Gasteiger partial charge in [-0.3, -0.25) is 9.59 Å². The van der Waals surface area contributed by atoms with Crippen LogP contribution in [0.3, 0.4) is 0 Å². The summed E-state index contributed by atoms with van der Waals surface area (Å²) in [5.41, 5.74) is 0. The molecule has 5 nitrogen and oxygen atoms in total. The number of carbonyl (C=O) groups is 2. The lowest BCUT2D eigenvalue weighted by atomic mass is 9.99. The lowest BCUT2D eigenvalue weighted by Crippen LogP contribution is -2.45. The second-order valence-electron chi connectivity index (χ2n) is 5.38. The molecule has 1 aliphatic rings. The first kappa shape index (κ1) is 16.0. The Bertz CT molecular complexity index is 305. The van der Waals surface area contributed by atoms with Gasteiger partial charge < -0.3 is 15.0 Å². The van der Waals surface area contributed by atoms with Crippen molar-refractivity contribution in [3.8, 4) is 0 Å². The Labute approximate surface area is 115 Å². The van der Waals surface area contributed by atoms with Crippen molar-refractivity contribution in [1.82, 2.24) is 10.2 Å². The van der Waals surface area contributed by atoms with Gasteiger partial charge in [-0.15, -0.1) is 0 Å². The molecule has 0 saturated carbocycles. The lowest BCUT2D eigenvalue weighted by Gasteiger charge is -2.35. The third-order valence-electron chi connectivity index (χ3n) is 3.47. The number of methoxy groups -OCH3 is 1. The van der Waals surface area contributed by atoms with Crippen molar-refractivity contribution in [1.29, 1.82) is 0 Å². The molecule has 110 valence electrons. The third-order valence-corrected chi connectivity index (χ3v) is 3.47. The highest BCUT2D eigenvalue weighted by atomic mass is 16.5. The van der Waals surface area contributed by atoms with Crippen molar-refractivity contribution >= 4 is 11.9 Å². The zero-order chi connectivity index (χ0) is 14.3. The van der Waals surface area contributed by atoms with Crippen LogP contribution in [0, 0.1) is 0 Å². The number of nitrogens with zero attached hydrogens (tertiary/aromatic N) is 1. The Morgan fingerprint density at radius 1 is 1.37 bits per heavy atom. The van der Waals surface area contributed by atoms with Crippen LogP contribution in [-0.4, -0.2) is 49.1 Å². The maximum absolute atomic E-state index is 12.2. The first-order valence-electron chi connectivity index (χ1n) is 7.14. The van der Waals surface area contributed by atoms with Gasteiger partial charge in [0.05, 0.1) is 13.5 Å². The van der Waals surface area contributed by atoms with Crippen LogP contribution in [0.5, 0.6) is 0 Å². The molecular weight excluding hydrogens is 244 g/mol. The van der Waals surface area contributed by atoms with Crippen LogP contribution in [0.15, 0.2) is 0 Å². The van der Waals surface area contributed by atoms with E-state index in [-0.39, 0.29) is 17.9 Å². The molecule has 0 radical (unpaired) electrons. The van der Waals surface area contributed by atoms with Gasteiger partial charge in [0.15, 0.2) is 0 Å². The fourth-order valence-corrected chi connectivity index (χ4v) is 2.43. The molecule has 19 heavy (non-hydrogen) atoms. The van der Waals surface area contributed by atoms with Crippen molar-refractivity contribution < 1.29 is 14.3 Å². The van der Waals surface area contributed by atoms with Crippen LogP contribution in [0.2, 0.25) is 0 Å². The number of likely N-dealkylation sites (tertiary alicyclic amines) is 1. The Morgan fingerprint density at radius 2 is 2.11 bits per heavy atom. The van der Waals surface area contributed by atoms with E-state index in [1.807, 2.05) is 4.90 Å². The van der Waals surface area contributed by atoms with E-state index < -0.39 is 0 Å². The molecule has 0 aromatic carbocycles. The summed E-state index contributed by atoms with van der Waals surface area (Å²) in [4.78, 5) is 25.4. The summed E-state index contributed by atoms with van der Waals surface area (Å²) in [6, 6.07) is 0.410. The highest BCUT2D eigenvalue weighted by Gasteiger charge is 2.28. The summed E-state index contributed by atoms with van der Waals surface area (Å²) in [5.74, 6) is -0.0910. The number of piperidine rings is 1. The Morgan fingerprint density at radius 3 is 2.74 bits per heavy atom. The Balaban J connectivity index is 2.46. The minimum Gasteiger partial charge on any atom is -0.469 e. The number of nitrogens with one attached hydrogen (secondary N) is 1. The maximum atomic E-state index is 12.2. The molecule has 1 heterocycles. The van der Waals surface area contributed by atoms with Crippen LogP contribution >= 0.6 is 0 Å². The fourth-order valence-electron chi connectivity index (χ4n) is 2.43. The van der Waals surface area contributed by atoms with Gasteiger partial charge in [0.25, 0.3) is 0 Å². The third kappa shape index (κ3) is 5.59. The summed E-state index contributed by atoms with van der Waals surface area (Å²) < 4.78 is 4.70. The summed E-state index contributed by atoms with van der Waals surface area (Å²) >= 11 is 0. The number of amides is 1. The zero-order valence-corrected chi connectivity index (χ0v) is 12.3. The standard InChI is InChI=1S/C14H26N2O3/c1-11(2)15-8-7-13(17)16-9-5-4-6-12(16)10-14(18)19-3/h11-12,15H,4-10H2,1-3H3. The van der Waals surface area contributed by atoms with Crippen molar-refractivity contribution in [2.45, 2.75) is 58.0 Å². The summed E-state index contributed by atoms with van der Waals surface area (Å²) in [5, 5.41) is 3.24. The van der Waals surface area contributed by atoms with Gasteiger partial charge >= 0.3 is 5.97 Å². The molecule has 0 spiro atoms. The summed E-state index contributed by atoms with van der Waals surface area (Å²) in [6.45, 7) is 5.58. The summed E-state index contributed by atoms with van der Waals surface area (Å²) in [6.07, 6.45) is 3.82. The molecule has 1 saturated heterocycles. The largest absolute Gasteiger partial charge is 0.469 e. The van der Waals surface area contributed by atoms with Gasteiger partial charge in [0, 0.05) is 31.6 Å². The van der Waals surface area contributed by atoms with Gasteiger partial charge in [-0.1, -0.05) is 13.8 Å². The van der Waals surface area contributed by atoms with E-state index in [2.05, 4.69) is 19.2 Å². The number of ether oxygens (including phenoxy) is 1. The van der Waals surface area contributed by atoms with E-state index in [0.717, 1.165) is 25.8 Å². The molecule has 1 N–H and O–H groups in total. The van der Waals surface area contributed by atoms with Gasteiger partial charge in [0.2, 0.25) is 5.91 Å². The number of hydrogen-bond acceptors (Lipinski definition) is 4. The quantitative estimate of drug-likeness (QED) is 0.740. The molecule has 0 aromatic heterocycles. The van der Waals surface area contributed by atoms with Gasteiger partial charge in [-0.25, -0.2) is 0 Å².